The number of carbonyl (C=O) groups is 1. The number of benzene rings is 2. The first-order valence-corrected chi connectivity index (χ1v) is 10.2. The molecule has 1 saturated heterocycles. The molecule has 0 bridgehead atoms. The maximum Gasteiger partial charge on any atom is 0.279 e. The van der Waals surface area contributed by atoms with Gasteiger partial charge in [-0.1, -0.05) is 24.3 Å². The number of piperazine rings is 1. The van der Waals surface area contributed by atoms with Crippen molar-refractivity contribution in [2.75, 3.05) is 38.0 Å². The second kappa shape index (κ2) is 8.48. The molecular formula is C19H20FN4O3S+. The zero-order valence-electron chi connectivity index (χ0n) is 15.1. The maximum absolute atomic E-state index is 13.9. The number of carbonyl (C=O) groups excluding carboxylic acids is 1. The highest BCUT2D eigenvalue weighted by atomic mass is 32.2. The van der Waals surface area contributed by atoms with Crippen LogP contribution in [0.4, 0.5) is 10.1 Å². The van der Waals surface area contributed by atoms with Crippen LogP contribution in [-0.2, 0) is 14.8 Å². The predicted octanol–water partition coefficient (Wildman–Crippen LogP) is 0.225. The number of hydrogen-bond acceptors (Lipinski definition) is 4. The molecular weight excluding hydrogens is 383 g/mol. The second-order valence-corrected chi connectivity index (χ2v) is 8.37. The third kappa shape index (κ3) is 4.36. The predicted molar refractivity (Wildman–Crippen MR) is 101 cm³/mol. The average Bonchev–Trinajstić information content (AvgIpc) is 2.69. The normalized spacial score (nSPS) is 15.7. The van der Waals surface area contributed by atoms with Crippen molar-refractivity contribution in [2.45, 2.75) is 4.90 Å². The van der Waals surface area contributed by atoms with Gasteiger partial charge in [-0.2, -0.15) is 9.57 Å². The molecule has 2 N–H and O–H groups in total. The average molecular weight is 403 g/mol. The molecule has 0 atom stereocenters. The number of para-hydroxylation sites is 1. The Balaban J connectivity index is 1.58. The SMILES string of the molecule is N#Cc1ccccc1NC(=O)C[NH+]1CCN(S(=O)(=O)c2ccccc2F)CC1. The van der Waals surface area contributed by atoms with Crippen LogP contribution >= 0.6 is 0 Å². The highest BCUT2D eigenvalue weighted by Crippen LogP contribution is 2.18. The van der Waals surface area contributed by atoms with Gasteiger partial charge in [0.1, 0.15) is 16.8 Å². The summed E-state index contributed by atoms with van der Waals surface area (Å²) in [6.45, 7) is 1.43. The molecule has 146 valence electrons. The smallest absolute Gasteiger partial charge is 0.279 e. The molecule has 0 radical (unpaired) electrons. The lowest BCUT2D eigenvalue weighted by Crippen LogP contribution is -3.15. The van der Waals surface area contributed by atoms with Crippen LogP contribution in [-0.4, -0.2) is 51.4 Å². The van der Waals surface area contributed by atoms with E-state index in [0.717, 1.165) is 11.0 Å². The van der Waals surface area contributed by atoms with Crippen molar-refractivity contribution in [1.82, 2.24) is 4.31 Å². The highest BCUT2D eigenvalue weighted by molar-refractivity contribution is 7.89. The number of amides is 1. The fraction of sp³-hybridized carbons (Fsp3) is 0.263. The molecule has 1 aliphatic rings. The van der Waals surface area contributed by atoms with Gasteiger partial charge in [-0.05, 0) is 24.3 Å². The highest BCUT2D eigenvalue weighted by Gasteiger charge is 2.32. The molecule has 0 spiro atoms. The van der Waals surface area contributed by atoms with Gasteiger partial charge in [-0.15, -0.1) is 0 Å². The minimum Gasteiger partial charge on any atom is -0.325 e. The van der Waals surface area contributed by atoms with Gasteiger partial charge >= 0.3 is 0 Å². The Morgan fingerprint density at radius 1 is 1.14 bits per heavy atom. The van der Waals surface area contributed by atoms with E-state index in [1.165, 1.54) is 22.5 Å². The van der Waals surface area contributed by atoms with Gasteiger partial charge in [0.15, 0.2) is 6.54 Å². The third-order valence-corrected chi connectivity index (χ3v) is 6.55. The first kappa shape index (κ1) is 19.9. The number of nitriles is 1. The largest absolute Gasteiger partial charge is 0.325 e. The minimum absolute atomic E-state index is 0.160. The summed E-state index contributed by atoms with van der Waals surface area (Å²) in [5, 5.41) is 11.8. The molecule has 0 unspecified atom stereocenters. The molecule has 0 aliphatic carbocycles. The molecule has 0 saturated carbocycles. The summed E-state index contributed by atoms with van der Waals surface area (Å²) in [4.78, 5) is 12.9. The van der Waals surface area contributed by atoms with E-state index in [-0.39, 0.29) is 30.4 Å². The fourth-order valence-corrected chi connectivity index (χ4v) is 4.63. The molecule has 2 aromatic rings. The van der Waals surface area contributed by atoms with E-state index in [4.69, 9.17) is 5.26 Å². The number of nitrogens with one attached hydrogen (secondary N) is 2. The quantitative estimate of drug-likeness (QED) is 0.747. The summed E-state index contributed by atoms with van der Waals surface area (Å²) in [7, 11) is -3.89. The summed E-state index contributed by atoms with van der Waals surface area (Å²) in [6.07, 6.45) is 0. The molecule has 1 heterocycles. The molecule has 2 aromatic carbocycles. The lowest BCUT2D eigenvalue weighted by molar-refractivity contribution is -0.895. The Morgan fingerprint density at radius 2 is 1.79 bits per heavy atom. The summed E-state index contributed by atoms with van der Waals surface area (Å²) < 4.78 is 40.3. The van der Waals surface area contributed by atoms with Crippen LogP contribution in [0.1, 0.15) is 5.56 Å². The number of quaternary nitrogens is 1. The van der Waals surface area contributed by atoms with Gasteiger partial charge in [0.25, 0.3) is 5.91 Å². The second-order valence-electron chi connectivity index (χ2n) is 6.47. The van der Waals surface area contributed by atoms with E-state index in [0.29, 0.717) is 24.3 Å². The Morgan fingerprint density at radius 3 is 2.46 bits per heavy atom. The molecule has 3 rings (SSSR count). The minimum atomic E-state index is -3.89. The van der Waals surface area contributed by atoms with E-state index in [2.05, 4.69) is 5.32 Å². The molecule has 28 heavy (non-hydrogen) atoms. The number of halogens is 1. The van der Waals surface area contributed by atoms with E-state index in [1.54, 1.807) is 24.3 Å². The molecule has 1 fully saturated rings. The lowest BCUT2D eigenvalue weighted by atomic mass is 10.2. The first-order chi connectivity index (χ1) is 13.4. The summed E-state index contributed by atoms with van der Waals surface area (Å²) in [5.41, 5.74) is 0.835. The Bertz CT molecular complexity index is 1010. The Labute approximate surface area is 163 Å². The van der Waals surface area contributed by atoms with Crippen molar-refractivity contribution in [3.05, 3.63) is 59.9 Å². The van der Waals surface area contributed by atoms with Gasteiger partial charge < -0.3 is 10.2 Å². The van der Waals surface area contributed by atoms with Gasteiger partial charge in [-0.25, -0.2) is 12.8 Å². The molecule has 9 heteroatoms. The third-order valence-electron chi connectivity index (χ3n) is 4.62. The first-order valence-electron chi connectivity index (χ1n) is 8.79. The van der Waals surface area contributed by atoms with Crippen LogP contribution in [0.3, 0.4) is 0 Å². The van der Waals surface area contributed by atoms with Crippen LogP contribution in [0.5, 0.6) is 0 Å². The maximum atomic E-state index is 13.9. The zero-order chi connectivity index (χ0) is 20.1. The fourth-order valence-electron chi connectivity index (χ4n) is 3.12. The summed E-state index contributed by atoms with van der Waals surface area (Å²) in [6, 6.07) is 14.1. The topological polar surface area (TPSA) is 94.7 Å². The van der Waals surface area contributed by atoms with Gasteiger partial charge in [-0.3, -0.25) is 4.79 Å². The van der Waals surface area contributed by atoms with Crippen molar-refractivity contribution < 1.29 is 22.5 Å². The van der Waals surface area contributed by atoms with Crippen molar-refractivity contribution in [3.8, 4) is 6.07 Å². The zero-order valence-corrected chi connectivity index (χ0v) is 15.9. The van der Waals surface area contributed by atoms with E-state index < -0.39 is 15.8 Å². The van der Waals surface area contributed by atoms with E-state index in [9.17, 15) is 17.6 Å². The number of rotatable bonds is 5. The number of hydrogen-bond donors (Lipinski definition) is 2. The Hall–Kier alpha value is -2.80. The van der Waals surface area contributed by atoms with Crippen LogP contribution in [0, 0.1) is 17.1 Å². The van der Waals surface area contributed by atoms with Crippen molar-refractivity contribution in [1.29, 1.82) is 5.26 Å². The van der Waals surface area contributed by atoms with E-state index >= 15 is 0 Å². The van der Waals surface area contributed by atoms with Gasteiger partial charge in [0.2, 0.25) is 10.0 Å². The van der Waals surface area contributed by atoms with Gasteiger partial charge in [0, 0.05) is 0 Å². The lowest BCUT2D eigenvalue weighted by Gasteiger charge is -2.31. The number of nitrogens with zero attached hydrogens (tertiary/aromatic N) is 2. The van der Waals surface area contributed by atoms with Crippen molar-refractivity contribution >= 4 is 21.6 Å². The van der Waals surface area contributed by atoms with Crippen molar-refractivity contribution in [2.24, 2.45) is 0 Å². The Kier molecular flexibility index (Phi) is 6.04. The monoisotopic (exact) mass is 403 g/mol. The van der Waals surface area contributed by atoms with Crippen LogP contribution < -0.4 is 10.2 Å². The standard InChI is InChI=1S/C19H19FN4O3S/c20-16-6-2-4-8-18(16)28(26,27)24-11-9-23(10-12-24)14-19(25)22-17-7-3-1-5-15(17)13-21/h1-8H,9-12,14H2,(H,22,25)/p+1. The number of sulfonamides is 1. The molecule has 0 aromatic heterocycles. The van der Waals surface area contributed by atoms with Crippen LogP contribution in [0.25, 0.3) is 0 Å². The van der Waals surface area contributed by atoms with E-state index in [1.807, 2.05) is 6.07 Å². The molecule has 7 nitrogen and oxygen atoms in total. The summed E-state index contributed by atoms with van der Waals surface area (Å²) in [5.74, 6) is -1.02. The molecule has 1 aliphatic heterocycles. The number of anilines is 1. The van der Waals surface area contributed by atoms with Crippen molar-refractivity contribution in [3.63, 3.8) is 0 Å². The van der Waals surface area contributed by atoms with Gasteiger partial charge in [0.05, 0.1) is 37.4 Å². The van der Waals surface area contributed by atoms with Crippen LogP contribution in [0.15, 0.2) is 53.4 Å². The summed E-state index contributed by atoms with van der Waals surface area (Å²) >= 11 is 0. The molecule has 1 amide bonds. The van der Waals surface area contributed by atoms with Crippen LogP contribution in [0.2, 0.25) is 0 Å².